The molecule has 0 aliphatic rings. The Bertz CT molecular complexity index is 312. The molecule has 1 aromatic heterocycles. The summed E-state index contributed by atoms with van der Waals surface area (Å²) in [4.78, 5) is 4.71. The van der Waals surface area contributed by atoms with Gasteiger partial charge in [0.1, 0.15) is 0 Å². The lowest BCUT2D eigenvalue weighted by molar-refractivity contribution is 0.502. The first kappa shape index (κ1) is 13.7. The third-order valence-corrected chi connectivity index (χ3v) is 3.63. The smallest absolute Gasteiger partial charge is 0.0928 e. The second kappa shape index (κ2) is 5.78. The molecule has 1 heterocycles. The summed E-state index contributed by atoms with van der Waals surface area (Å²) < 4.78 is 0. The minimum atomic E-state index is 0.186. The molecule has 92 valence electrons. The first-order chi connectivity index (χ1) is 7.43. The molecule has 0 aliphatic heterocycles. The molecule has 1 rings (SSSR count). The van der Waals surface area contributed by atoms with E-state index in [4.69, 9.17) is 4.98 Å². The van der Waals surface area contributed by atoms with Crippen LogP contribution in [-0.4, -0.2) is 18.6 Å². The van der Waals surface area contributed by atoms with E-state index in [1.165, 1.54) is 17.1 Å². The van der Waals surface area contributed by atoms with Crippen molar-refractivity contribution in [2.75, 3.05) is 13.6 Å². The highest BCUT2D eigenvalue weighted by molar-refractivity contribution is 7.09. The summed E-state index contributed by atoms with van der Waals surface area (Å²) in [7, 11) is 2.01. The lowest BCUT2D eigenvalue weighted by Crippen LogP contribution is -2.16. The minimum Gasteiger partial charge on any atom is -0.319 e. The van der Waals surface area contributed by atoms with Crippen LogP contribution in [0.1, 0.15) is 44.8 Å². The second-order valence-corrected chi connectivity index (χ2v) is 6.52. The van der Waals surface area contributed by atoms with Gasteiger partial charge in [-0.25, -0.2) is 4.98 Å². The van der Waals surface area contributed by atoms with Crippen molar-refractivity contribution in [3.8, 4) is 0 Å². The summed E-state index contributed by atoms with van der Waals surface area (Å²) in [6.07, 6.45) is 2.33. The van der Waals surface area contributed by atoms with Gasteiger partial charge in [-0.1, -0.05) is 27.7 Å². The van der Waals surface area contributed by atoms with Crippen LogP contribution in [0.25, 0.3) is 0 Å². The predicted octanol–water partition coefficient (Wildman–Crippen LogP) is 3.23. The molecule has 0 saturated heterocycles. The van der Waals surface area contributed by atoms with Gasteiger partial charge in [-0.2, -0.15) is 0 Å². The van der Waals surface area contributed by atoms with E-state index in [0.29, 0.717) is 0 Å². The van der Waals surface area contributed by atoms with Gasteiger partial charge in [-0.3, -0.25) is 0 Å². The molecule has 1 aromatic rings. The zero-order chi connectivity index (χ0) is 12.2. The molecule has 0 spiro atoms. The Hall–Kier alpha value is -0.410. The topological polar surface area (TPSA) is 24.9 Å². The second-order valence-electron chi connectivity index (χ2n) is 5.58. The van der Waals surface area contributed by atoms with Crippen LogP contribution < -0.4 is 5.32 Å². The Morgan fingerprint density at radius 2 is 2.12 bits per heavy atom. The van der Waals surface area contributed by atoms with Crippen LogP contribution in [0.3, 0.4) is 0 Å². The molecule has 3 heteroatoms. The fraction of sp³-hybridized carbons (Fsp3) is 0.769. The van der Waals surface area contributed by atoms with Crippen molar-refractivity contribution >= 4 is 11.3 Å². The van der Waals surface area contributed by atoms with Crippen LogP contribution in [0, 0.1) is 5.92 Å². The minimum absolute atomic E-state index is 0.186. The quantitative estimate of drug-likeness (QED) is 0.854. The molecular weight excluding hydrogens is 216 g/mol. The van der Waals surface area contributed by atoms with E-state index < -0.39 is 0 Å². The van der Waals surface area contributed by atoms with E-state index in [-0.39, 0.29) is 5.41 Å². The van der Waals surface area contributed by atoms with Crippen molar-refractivity contribution in [2.24, 2.45) is 5.92 Å². The van der Waals surface area contributed by atoms with Gasteiger partial charge in [-0.05, 0) is 32.4 Å². The van der Waals surface area contributed by atoms with Crippen LogP contribution in [0.4, 0.5) is 0 Å². The van der Waals surface area contributed by atoms with Crippen LogP contribution in [-0.2, 0) is 11.8 Å². The van der Waals surface area contributed by atoms with E-state index in [1.54, 1.807) is 11.3 Å². The number of aromatic nitrogens is 1. The van der Waals surface area contributed by atoms with Crippen molar-refractivity contribution < 1.29 is 0 Å². The number of nitrogens with one attached hydrogen (secondary N) is 1. The largest absolute Gasteiger partial charge is 0.319 e. The molecular formula is C13H24N2S. The van der Waals surface area contributed by atoms with E-state index >= 15 is 0 Å². The van der Waals surface area contributed by atoms with Crippen molar-refractivity contribution in [3.63, 3.8) is 0 Å². The Balaban J connectivity index is 2.47. The molecule has 0 saturated carbocycles. The summed E-state index contributed by atoms with van der Waals surface area (Å²) in [5.74, 6) is 0.729. The van der Waals surface area contributed by atoms with Crippen LogP contribution in [0.15, 0.2) is 5.38 Å². The number of hydrogen-bond donors (Lipinski definition) is 1. The first-order valence-corrected chi connectivity index (χ1v) is 6.91. The molecule has 0 aliphatic carbocycles. The lowest BCUT2D eigenvalue weighted by Gasteiger charge is -2.14. The molecule has 2 nitrogen and oxygen atoms in total. The maximum atomic E-state index is 4.71. The molecule has 0 fully saturated rings. The van der Waals surface area contributed by atoms with Gasteiger partial charge in [0.05, 0.1) is 10.7 Å². The molecule has 16 heavy (non-hydrogen) atoms. The van der Waals surface area contributed by atoms with Crippen LogP contribution in [0.5, 0.6) is 0 Å². The van der Waals surface area contributed by atoms with E-state index in [0.717, 1.165) is 18.9 Å². The Kier molecular flexibility index (Phi) is 4.93. The first-order valence-electron chi connectivity index (χ1n) is 6.03. The number of thiazole rings is 1. The monoisotopic (exact) mass is 240 g/mol. The van der Waals surface area contributed by atoms with Gasteiger partial charge in [0.15, 0.2) is 0 Å². The Labute approximate surface area is 103 Å². The van der Waals surface area contributed by atoms with E-state index in [2.05, 4.69) is 38.4 Å². The highest BCUT2D eigenvalue weighted by atomic mass is 32.1. The average molecular weight is 240 g/mol. The number of nitrogens with zero attached hydrogens (tertiary/aromatic N) is 1. The van der Waals surface area contributed by atoms with Crippen molar-refractivity contribution in [3.05, 3.63) is 16.1 Å². The maximum absolute atomic E-state index is 4.71. The normalized spacial score (nSPS) is 14.1. The van der Waals surface area contributed by atoms with Crippen molar-refractivity contribution in [1.29, 1.82) is 0 Å². The zero-order valence-corrected chi connectivity index (χ0v) is 11.9. The van der Waals surface area contributed by atoms with Gasteiger partial charge in [0.2, 0.25) is 0 Å². The number of rotatable bonds is 5. The SMILES string of the molecule is CNCC(C)CCc1nc(C(C)(C)C)cs1. The van der Waals surface area contributed by atoms with E-state index in [9.17, 15) is 0 Å². The summed E-state index contributed by atoms with van der Waals surface area (Å²) in [6.45, 7) is 10.0. The Morgan fingerprint density at radius 3 is 2.62 bits per heavy atom. The lowest BCUT2D eigenvalue weighted by atomic mass is 9.93. The molecule has 1 unspecified atom stereocenters. The molecule has 1 atom stereocenters. The fourth-order valence-electron chi connectivity index (χ4n) is 1.59. The van der Waals surface area contributed by atoms with Gasteiger partial charge in [0.25, 0.3) is 0 Å². The molecule has 0 amide bonds. The maximum Gasteiger partial charge on any atom is 0.0928 e. The summed E-state index contributed by atoms with van der Waals surface area (Å²) in [5, 5.41) is 6.71. The number of aryl methyl sites for hydroxylation is 1. The van der Waals surface area contributed by atoms with Gasteiger partial charge in [0, 0.05) is 10.8 Å². The third kappa shape index (κ3) is 4.22. The fourth-order valence-corrected chi connectivity index (χ4v) is 2.63. The molecule has 0 aromatic carbocycles. The van der Waals surface area contributed by atoms with Gasteiger partial charge in [-0.15, -0.1) is 11.3 Å². The van der Waals surface area contributed by atoms with Crippen molar-refractivity contribution in [1.82, 2.24) is 10.3 Å². The molecule has 1 N–H and O–H groups in total. The highest BCUT2D eigenvalue weighted by Crippen LogP contribution is 2.24. The molecule has 0 radical (unpaired) electrons. The van der Waals surface area contributed by atoms with E-state index in [1.807, 2.05) is 7.05 Å². The third-order valence-electron chi connectivity index (χ3n) is 2.72. The number of hydrogen-bond acceptors (Lipinski definition) is 3. The van der Waals surface area contributed by atoms with Crippen molar-refractivity contribution in [2.45, 2.75) is 46.0 Å². The predicted molar refractivity (Wildman–Crippen MR) is 72.2 cm³/mol. The van der Waals surface area contributed by atoms with Crippen LogP contribution >= 0.6 is 11.3 Å². The standard InChI is InChI=1S/C13H24N2S/c1-10(8-14-5)6-7-12-15-11(9-16-12)13(2,3)4/h9-10,14H,6-8H2,1-5H3. The summed E-state index contributed by atoms with van der Waals surface area (Å²) in [6, 6.07) is 0. The highest BCUT2D eigenvalue weighted by Gasteiger charge is 2.17. The molecule has 0 bridgehead atoms. The van der Waals surface area contributed by atoms with Gasteiger partial charge < -0.3 is 5.32 Å². The zero-order valence-electron chi connectivity index (χ0n) is 11.1. The Morgan fingerprint density at radius 1 is 1.44 bits per heavy atom. The van der Waals surface area contributed by atoms with Crippen LogP contribution in [0.2, 0.25) is 0 Å². The summed E-state index contributed by atoms with van der Waals surface area (Å²) in [5.41, 5.74) is 1.42. The van der Waals surface area contributed by atoms with Gasteiger partial charge >= 0.3 is 0 Å². The summed E-state index contributed by atoms with van der Waals surface area (Å²) >= 11 is 1.80. The average Bonchev–Trinajstić information content (AvgIpc) is 2.63.